The fourth-order valence-corrected chi connectivity index (χ4v) is 3.71. The van der Waals surface area contributed by atoms with Crippen molar-refractivity contribution in [1.82, 2.24) is 0 Å². The number of esters is 3. The van der Waals surface area contributed by atoms with Gasteiger partial charge in [-0.25, -0.2) is 4.79 Å². The highest BCUT2D eigenvalue weighted by Gasteiger charge is 2.52. The Kier molecular flexibility index (Phi) is 8.86. The van der Waals surface area contributed by atoms with E-state index in [1.807, 2.05) is 0 Å². The van der Waals surface area contributed by atoms with E-state index < -0.39 is 36.0 Å². The van der Waals surface area contributed by atoms with Crippen molar-refractivity contribution in [2.24, 2.45) is 0 Å². The number of ether oxygens (including phenoxy) is 4. The number of β-lactam (4-membered cyclic amide) rings is 1. The first-order valence-corrected chi connectivity index (χ1v) is 11.1. The van der Waals surface area contributed by atoms with E-state index in [9.17, 15) is 19.2 Å². The zero-order valence-electron chi connectivity index (χ0n) is 19.0. The second-order valence-corrected chi connectivity index (χ2v) is 7.78. The minimum absolute atomic E-state index is 0.127. The first kappa shape index (κ1) is 25.8. The number of benzene rings is 2. The molecular formula is C25H24ClNO8. The van der Waals surface area contributed by atoms with Crippen LogP contribution in [0.4, 0.5) is 5.69 Å². The molecule has 35 heavy (non-hydrogen) atoms. The minimum Gasteiger partial charge on any atom is -0.497 e. The fourth-order valence-electron chi connectivity index (χ4n) is 3.46. The summed E-state index contributed by atoms with van der Waals surface area (Å²) in [4.78, 5) is 49.6. The Balaban J connectivity index is 1.62. The number of carbonyl (C=O) groups excluding carboxylic acids is 4. The van der Waals surface area contributed by atoms with Gasteiger partial charge in [0, 0.05) is 16.8 Å². The number of amides is 1. The van der Waals surface area contributed by atoms with E-state index in [0.717, 1.165) is 6.08 Å². The van der Waals surface area contributed by atoms with E-state index >= 15 is 0 Å². The largest absolute Gasteiger partial charge is 0.497 e. The molecule has 3 rings (SSSR count). The Morgan fingerprint density at radius 1 is 1.00 bits per heavy atom. The van der Waals surface area contributed by atoms with Gasteiger partial charge in [0.05, 0.1) is 20.0 Å². The average Bonchev–Trinajstić information content (AvgIpc) is 2.87. The number of hydrogen-bond acceptors (Lipinski definition) is 8. The van der Waals surface area contributed by atoms with Crippen molar-refractivity contribution in [3.63, 3.8) is 0 Å². The van der Waals surface area contributed by atoms with Crippen molar-refractivity contribution in [2.75, 3.05) is 25.2 Å². The van der Waals surface area contributed by atoms with Gasteiger partial charge in [-0.15, -0.1) is 0 Å². The molecule has 2 aromatic carbocycles. The summed E-state index contributed by atoms with van der Waals surface area (Å²) in [5.74, 6) is -1.82. The third-order valence-corrected chi connectivity index (χ3v) is 5.51. The molecule has 1 aliphatic rings. The molecule has 1 saturated heterocycles. The van der Waals surface area contributed by atoms with E-state index in [1.165, 1.54) is 4.90 Å². The smallest absolute Gasteiger partial charge is 0.330 e. The molecule has 0 spiro atoms. The van der Waals surface area contributed by atoms with Crippen LogP contribution in [0.2, 0.25) is 5.02 Å². The van der Waals surface area contributed by atoms with Gasteiger partial charge in [0.15, 0.2) is 0 Å². The molecule has 0 N–H and O–H groups in total. The number of methoxy groups -OCH3 is 1. The Morgan fingerprint density at radius 3 is 2.31 bits per heavy atom. The summed E-state index contributed by atoms with van der Waals surface area (Å²) in [5.41, 5.74) is 1.21. The molecule has 0 aromatic heterocycles. The van der Waals surface area contributed by atoms with Gasteiger partial charge >= 0.3 is 17.9 Å². The molecule has 0 unspecified atom stereocenters. The fraction of sp³-hybridized carbons (Fsp3) is 0.280. The normalized spacial score (nSPS) is 16.6. The topological polar surface area (TPSA) is 108 Å². The average molecular weight is 502 g/mol. The minimum atomic E-state index is -1.10. The van der Waals surface area contributed by atoms with Crippen molar-refractivity contribution in [2.45, 2.75) is 25.0 Å². The van der Waals surface area contributed by atoms with Gasteiger partial charge in [-0.3, -0.25) is 19.3 Å². The van der Waals surface area contributed by atoms with Crippen LogP contribution in [0.3, 0.4) is 0 Å². The second-order valence-electron chi connectivity index (χ2n) is 7.38. The summed E-state index contributed by atoms with van der Waals surface area (Å²) in [6.07, 6.45) is -0.648. The highest BCUT2D eigenvalue weighted by atomic mass is 35.5. The number of anilines is 1. The van der Waals surface area contributed by atoms with Crippen LogP contribution in [-0.2, 0) is 33.4 Å². The third-order valence-electron chi connectivity index (χ3n) is 5.17. The molecule has 1 amide bonds. The first-order valence-electron chi connectivity index (χ1n) is 10.7. The lowest BCUT2D eigenvalue weighted by Crippen LogP contribution is -2.60. The van der Waals surface area contributed by atoms with Crippen LogP contribution >= 0.6 is 11.6 Å². The summed E-state index contributed by atoms with van der Waals surface area (Å²) in [5, 5.41) is 0.422. The van der Waals surface area contributed by atoms with Crippen LogP contribution in [0.15, 0.2) is 61.2 Å². The number of halogens is 1. The van der Waals surface area contributed by atoms with Gasteiger partial charge in [0.2, 0.25) is 6.10 Å². The molecule has 184 valence electrons. The molecular weight excluding hydrogens is 478 g/mol. The number of hydrogen-bond donors (Lipinski definition) is 0. The van der Waals surface area contributed by atoms with E-state index in [-0.39, 0.29) is 26.1 Å². The maximum atomic E-state index is 13.0. The molecule has 1 aliphatic heterocycles. The van der Waals surface area contributed by atoms with Crippen molar-refractivity contribution in [3.8, 4) is 5.75 Å². The second kappa shape index (κ2) is 12.0. The van der Waals surface area contributed by atoms with Gasteiger partial charge in [0.25, 0.3) is 5.91 Å². The number of carbonyl (C=O) groups is 4. The lowest BCUT2D eigenvalue weighted by molar-refractivity contribution is -0.164. The molecule has 1 fully saturated rings. The summed E-state index contributed by atoms with van der Waals surface area (Å²) < 4.78 is 20.2. The predicted octanol–water partition coefficient (Wildman–Crippen LogP) is 3.40. The molecule has 0 aliphatic carbocycles. The lowest BCUT2D eigenvalue weighted by atomic mass is 9.89. The maximum absolute atomic E-state index is 13.0. The van der Waals surface area contributed by atoms with Crippen molar-refractivity contribution in [1.29, 1.82) is 0 Å². The van der Waals surface area contributed by atoms with Crippen LogP contribution in [-0.4, -0.2) is 50.2 Å². The molecule has 1 heterocycles. The Morgan fingerprint density at radius 2 is 1.66 bits per heavy atom. The molecule has 10 heteroatoms. The Bertz CT molecular complexity index is 1100. The summed E-state index contributed by atoms with van der Waals surface area (Å²) in [6, 6.07) is 13.2. The van der Waals surface area contributed by atoms with E-state index in [1.54, 1.807) is 55.6 Å². The SMILES string of the molecule is C=CC(=O)OCCOC(=O)CCC(=O)O[C@H]1C(=O)N(c2ccc(OC)cc2)[C@H]1c1ccccc1Cl. The van der Waals surface area contributed by atoms with Gasteiger partial charge < -0.3 is 18.9 Å². The highest BCUT2D eigenvalue weighted by Crippen LogP contribution is 2.43. The lowest BCUT2D eigenvalue weighted by Gasteiger charge is -2.46. The first-order chi connectivity index (χ1) is 16.8. The van der Waals surface area contributed by atoms with Crippen LogP contribution in [0.1, 0.15) is 24.4 Å². The van der Waals surface area contributed by atoms with Crippen molar-refractivity contribution < 1.29 is 38.1 Å². The summed E-state index contributed by atoms with van der Waals surface area (Å²) in [7, 11) is 1.54. The van der Waals surface area contributed by atoms with Crippen molar-refractivity contribution in [3.05, 3.63) is 71.8 Å². The summed E-state index contributed by atoms with van der Waals surface area (Å²) >= 11 is 6.38. The number of rotatable bonds is 11. The third kappa shape index (κ3) is 6.39. The van der Waals surface area contributed by atoms with Gasteiger partial charge in [-0.1, -0.05) is 36.4 Å². The molecule has 9 nitrogen and oxygen atoms in total. The van der Waals surface area contributed by atoms with Gasteiger partial charge in [-0.2, -0.15) is 0 Å². The molecule has 0 saturated carbocycles. The van der Waals surface area contributed by atoms with Crippen LogP contribution in [0, 0.1) is 0 Å². The Hall–Kier alpha value is -3.85. The van der Waals surface area contributed by atoms with Crippen LogP contribution in [0.25, 0.3) is 0 Å². The zero-order chi connectivity index (χ0) is 25.4. The van der Waals surface area contributed by atoms with Gasteiger partial charge in [-0.05, 0) is 35.9 Å². The quantitative estimate of drug-likeness (QED) is 0.151. The standard InChI is InChI=1S/C25H24ClNO8/c1-3-20(28)33-14-15-34-21(29)12-13-22(30)35-24-23(18-6-4-5-7-19(18)26)27(25(24)31)16-8-10-17(32-2)11-9-16/h3-11,23-24H,1,12-15H2,2H3/t23-,24+/m0/s1. The predicted molar refractivity (Wildman–Crippen MR) is 126 cm³/mol. The van der Waals surface area contributed by atoms with Crippen molar-refractivity contribution >= 4 is 41.1 Å². The zero-order valence-corrected chi connectivity index (χ0v) is 19.7. The van der Waals surface area contributed by atoms with Crippen LogP contribution in [0.5, 0.6) is 5.75 Å². The van der Waals surface area contributed by atoms with E-state index in [4.69, 9.17) is 30.5 Å². The molecule has 2 aromatic rings. The Labute approximate surface area is 207 Å². The van der Waals surface area contributed by atoms with Crippen LogP contribution < -0.4 is 9.64 Å². The van der Waals surface area contributed by atoms with E-state index in [0.29, 0.717) is 22.0 Å². The molecule has 0 radical (unpaired) electrons. The summed E-state index contributed by atoms with van der Waals surface area (Å²) in [6.45, 7) is 2.97. The number of nitrogens with zero attached hydrogens (tertiary/aromatic N) is 1. The molecule has 2 atom stereocenters. The van der Waals surface area contributed by atoms with E-state index in [2.05, 4.69) is 6.58 Å². The maximum Gasteiger partial charge on any atom is 0.330 e. The molecule has 0 bridgehead atoms. The monoisotopic (exact) mass is 501 g/mol. The van der Waals surface area contributed by atoms with Gasteiger partial charge in [0.1, 0.15) is 25.0 Å². The highest BCUT2D eigenvalue weighted by molar-refractivity contribution is 6.31.